The number of likely N-dealkylation sites (tertiary alicyclic amines) is 1. The quantitative estimate of drug-likeness (QED) is 0.580. The molecule has 0 radical (unpaired) electrons. The van der Waals surface area contributed by atoms with Crippen LogP contribution in [0, 0.1) is 0 Å². The number of rotatable bonds is 6. The minimum absolute atomic E-state index is 0.188. The third-order valence-electron chi connectivity index (χ3n) is 6.68. The van der Waals surface area contributed by atoms with Crippen molar-refractivity contribution >= 4 is 16.7 Å². The highest BCUT2D eigenvalue weighted by molar-refractivity contribution is 5.86. The van der Waals surface area contributed by atoms with Crippen molar-refractivity contribution < 1.29 is 4.79 Å². The maximum Gasteiger partial charge on any atom is 0.135 e. The van der Waals surface area contributed by atoms with Crippen LogP contribution >= 0.6 is 0 Å². The molecule has 0 bridgehead atoms. The first kappa shape index (κ1) is 21.7. The van der Waals surface area contributed by atoms with Gasteiger partial charge in [-0.2, -0.15) is 0 Å². The molecule has 4 rings (SSSR count). The highest BCUT2D eigenvalue weighted by Gasteiger charge is 2.33. The molecule has 0 saturated carbocycles. The van der Waals surface area contributed by atoms with Crippen LogP contribution in [0.4, 0.5) is 0 Å². The Balaban J connectivity index is 1.81. The number of fused-ring (bicyclic) bond motifs is 1. The normalized spacial score (nSPS) is 16.6. The molecule has 0 spiro atoms. The number of benzene rings is 2. The Morgan fingerprint density at radius 1 is 1.06 bits per heavy atom. The standard InChI is InChI=1S/C27H33N3O/c1-5-28-19(2)20-9-8-10-21(17-20)26-18-24(23-11-6-7-12-25(23)29-26)27(3,4)30-15-13-22(31)14-16-30/h6-12,17-19,28H,5,13-16H2,1-4H3. The van der Waals surface area contributed by atoms with Gasteiger partial charge in [0.25, 0.3) is 0 Å². The topological polar surface area (TPSA) is 45.2 Å². The van der Waals surface area contributed by atoms with Gasteiger partial charge in [-0.25, -0.2) is 4.98 Å². The molecule has 1 fully saturated rings. The van der Waals surface area contributed by atoms with Crippen molar-refractivity contribution in [3.8, 4) is 11.3 Å². The molecule has 1 atom stereocenters. The first-order valence-corrected chi connectivity index (χ1v) is 11.4. The van der Waals surface area contributed by atoms with Crippen LogP contribution in [-0.2, 0) is 10.3 Å². The Morgan fingerprint density at radius 2 is 1.81 bits per heavy atom. The molecule has 0 amide bonds. The third-order valence-corrected chi connectivity index (χ3v) is 6.68. The van der Waals surface area contributed by atoms with Crippen LogP contribution < -0.4 is 5.32 Å². The summed E-state index contributed by atoms with van der Waals surface area (Å²) in [5.41, 5.74) is 5.50. The van der Waals surface area contributed by atoms with Gasteiger partial charge in [-0.05, 0) is 56.6 Å². The zero-order chi connectivity index (χ0) is 22.0. The van der Waals surface area contributed by atoms with Crippen molar-refractivity contribution in [3.05, 3.63) is 65.7 Å². The van der Waals surface area contributed by atoms with Gasteiger partial charge in [0.1, 0.15) is 5.78 Å². The molecule has 3 aromatic rings. The molecule has 1 N–H and O–H groups in total. The maximum atomic E-state index is 11.8. The Labute approximate surface area is 185 Å². The summed E-state index contributed by atoms with van der Waals surface area (Å²) in [6.07, 6.45) is 1.29. The number of hydrogen-bond acceptors (Lipinski definition) is 4. The first-order valence-electron chi connectivity index (χ1n) is 11.4. The van der Waals surface area contributed by atoms with E-state index in [-0.39, 0.29) is 5.54 Å². The number of nitrogens with zero attached hydrogens (tertiary/aromatic N) is 2. The SMILES string of the molecule is CCNC(C)c1cccc(-c2cc(C(C)(C)N3CCC(=O)CC3)c3ccccc3n2)c1. The molecule has 1 unspecified atom stereocenters. The van der Waals surface area contributed by atoms with E-state index in [1.165, 1.54) is 16.5 Å². The summed E-state index contributed by atoms with van der Waals surface area (Å²) in [4.78, 5) is 19.3. The van der Waals surface area contributed by atoms with Crippen molar-refractivity contribution in [2.75, 3.05) is 19.6 Å². The summed E-state index contributed by atoms with van der Waals surface area (Å²) in [7, 11) is 0. The fourth-order valence-corrected chi connectivity index (χ4v) is 4.71. The first-order chi connectivity index (χ1) is 14.9. The minimum atomic E-state index is -0.188. The number of aromatic nitrogens is 1. The third kappa shape index (κ3) is 4.41. The molecule has 2 heterocycles. The van der Waals surface area contributed by atoms with E-state index in [4.69, 9.17) is 4.98 Å². The zero-order valence-electron chi connectivity index (χ0n) is 19.1. The van der Waals surface area contributed by atoms with Crippen LogP contribution in [0.5, 0.6) is 0 Å². The minimum Gasteiger partial charge on any atom is -0.310 e. The average molecular weight is 416 g/mol. The molecule has 31 heavy (non-hydrogen) atoms. The van der Waals surface area contributed by atoms with Crippen LogP contribution in [-0.4, -0.2) is 35.3 Å². The van der Waals surface area contributed by atoms with Crippen molar-refractivity contribution in [2.24, 2.45) is 0 Å². The summed E-state index contributed by atoms with van der Waals surface area (Å²) in [5, 5.41) is 4.68. The maximum absolute atomic E-state index is 11.8. The number of hydrogen-bond donors (Lipinski definition) is 1. The van der Waals surface area contributed by atoms with E-state index in [0.717, 1.165) is 36.4 Å². The molecule has 4 nitrogen and oxygen atoms in total. The van der Waals surface area contributed by atoms with Crippen LogP contribution in [0.25, 0.3) is 22.2 Å². The number of ketones is 1. The summed E-state index contributed by atoms with van der Waals surface area (Å²) in [6.45, 7) is 11.4. The number of nitrogens with one attached hydrogen (secondary N) is 1. The van der Waals surface area contributed by atoms with E-state index in [9.17, 15) is 4.79 Å². The highest BCUT2D eigenvalue weighted by atomic mass is 16.1. The smallest absolute Gasteiger partial charge is 0.135 e. The van der Waals surface area contributed by atoms with E-state index >= 15 is 0 Å². The van der Waals surface area contributed by atoms with Crippen LogP contribution in [0.2, 0.25) is 0 Å². The average Bonchev–Trinajstić information content (AvgIpc) is 2.79. The molecular weight excluding hydrogens is 382 g/mol. The Hall–Kier alpha value is -2.56. The fraction of sp³-hybridized carbons (Fsp3) is 0.407. The van der Waals surface area contributed by atoms with Gasteiger partial charge in [-0.15, -0.1) is 0 Å². The van der Waals surface area contributed by atoms with E-state index in [1.54, 1.807) is 0 Å². The molecule has 1 saturated heterocycles. The Bertz CT molecular complexity index is 1080. The van der Waals surface area contributed by atoms with E-state index in [1.807, 2.05) is 0 Å². The highest BCUT2D eigenvalue weighted by Crippen LogP contribution is 2.37. The van der Waals surface area contributed by atoms with Crippen molar-refractivity contribution in [1.82, 2.24) is 15.2 Å². The van der Waals surface area contributed by atoms with Crippen LogP contribution in [0.15, 0.2) is 54.6 Å². The van der Waals surface area contributed by atoms with E-state index in [0.29, 0.717) is 24.7 Å². The van der Waals surface area contributed by atoms with Crippen LogP contribution in [0.1, 0.15) is 57.7 Å². The van der Waals surface area contributed by atoms with E-state index in [2.05, 4.69) is 92.5 Å². The molecular formula is C27H33N3O. The summed E-state index contributed by atoms with van der Waals surface area (Å²) >= 11 is 0. The van der Waals surface area contributed by atoms with E-state index < -0.39 is 0 Å². The number of para-hydroxylation sites is 1. The molecule has 0 aliphatic carbocycles. The monoisotopic (exact) mass is 415 g/mol. The second kappa shape index (κ2) is 8.89. The van der Waals surface area contributed by atoms with Gasteiger partial charge < -0.3 is 5.32 Å². The van der Waals surface area contributed by atoms with Gasteiger partial charge in [-0.1, -0.05) is 43.3 Å². The van der Waals surface area contributed by atoms with Crippen LogP contribution in [0.3, 0.4) is 0 Å². The molecule has 1 aromatic heterocycles. The number of Topliss-reactive ketones (excluding diaryl/α,β-unsaturated/α-hetero) is 1. The largest absolute Gasteiger partial charge is 0.310 e. The van der Waals surface area contributed by atoms with Crippen molar-refractivity contribution in [3.63, 3.8) is 0 Å². The Morgan fingerprint density at radius 3 is 2.55 bits per heavy atom. The summed E-state index contributed by atoms with van der Waals surface area (Å²) in [5.74, 6) is 0.374. The van der Waals surface area contributed by atoms with Gasteiger partial charge in [0.2, 0.25) is 0 Å². The molecule has 1 aliphatic rings. The van der Waals surface area contributed by atoms with Gasteiger partial charge in [-0.3, -0.25) is 9.69 Å². The van der Waals surface area contributed by atoms with Crippen molar-refractivity contribution in [1.29, 1.82) is 0 Å². The van der Waals surface area contributed by atoms with Gasteiger partial charge in [0.15, 0.2) is 0 Å². The lowest BCUT2D eigenvalue weighted by molar-refractivity contribution is -0.122. The lowest BCUT2D eigenvalue weighted by Gasteiger charge is -2.41. The number of piperidine rings is 1. The Kier molecular flexibility index (Phi) is 6.22. The zero-order valence-corrected chi connectivity index (χ0v) is 19.1. The van der Waals surface area contributed by atoms with Gasteiger partial charge in [0, 0.05) is 48.5 Å². The fourth-order valence-electron chi connectivity index (χ4n) is 4.71. The predicted octanol–water partition coefficient (Wildman–Crippen LogP) is 5.47. The molecule has 162 valence electrons. The number of pyridine rings is 1. The van der Waals surface area contributed by atoms with Gasteiger partial charge in [0.05, 0.1) is 11.2 Å². The summed E-state index contributed by atoms with van der Waals surface area (Å²) in [6, 6.07) is 19.7. The number of carbonyl (C=O) groups excluding carboxylic acids is 1. The summed E-state index contributed by atoms with van der Waals surface area (Å²) < 4.78 is 0. The lowest BCUT2D eigenvalue weighted by Crippen LogP contribution is -2.46. The molecule has 2 aromatic carbocycles. The molecule has 4 heteroatoms. The second-order valence-corrected chi connectivity index (χ2v) is 9.06. The predicted molar refractivity (Wildman–Crippen MR) is 128 cm³/mol. The molecule has 1 aliphatic heterocycles. The van der Waals surface area contributed by atoms with Gasteiger partial charge >= 0.3 is 0 Å². The van der Waals surface area contributed by atoms with Crippen molar-refractivity contribution in [2.45, 2.75) is 52.1 Å². The lowest BCUT2D eigenvalue weighted by atomic mass is 9.86. The second-order valence-electron chi connectivity index (χ2n) is 9.06. The number of carbonyl (C=O) groups is 1.